The van der Waals surface area contributed by atoms with Gasteiger partial charge >= 0.3 is 0 Å². The van der Waals surface area contributed by atoms with Gasteiger partial charge in [-0.3, -0.25) is 0 Å². The number of hydrogen-bond acceptors (Lipinski definition) is 2. The summed E-state index contributed by atoms with van der Waals surface area (Å²) in [5.74, 6) is 0. The molecule has 1 heterocycles. The molecule has 1 aromatic heterocycles. The average molecular weight is 282 g/mol. The fraction of sp³-hybridized carbons (Fsp3) is 0.167. The van der Waals surface area contributed by atoms with Gasteiger partial charge in [0.15, 0.2) is 0 Å². The van der Waals surface area contributed by atoms with Crippen LogP contribution in [0, 0.1) is 0 Å². The summed E-state index contributed by atoms with van der Waals surface area (Å²) in [6.45, 7) is 0.723. The normalized spacial score (nSPS) is 10.5. The molecule has 0 bridgehead atoms. The monoisotopic (exact) mass is 281 g/mol. The molecule has 15 heavy (non-hydrogen) atoms. The van der Waals surface area contributed by atoms with Crippen molar-refractivity contribution in [2.45, 2.75) is 6.42 Å². The van der Waals surface area contributed by atoms with Gasteiger partial charge in [0.1, 0.15) is 0 Å². The Balaban J connectivity index is 2.25. The van der Waals surface area contributed by atoms with Crippen molar-refractivity contribution in [3.63, 3.8) is 0 Å². The van der Waals surface area contributed by atoms with Gasteiger partial charge in [0.05, 0.1) is 0 Å². The maximum absolute atomic E-state index is 5.53. The molecule has 0 radical (unpaired) electrons. The molecule has 1 nitrogen and oxygen atoms in total. The van der Waals surface area contributed by atoms with Crippen LogP contribution in [0.1, 0.15) is 4.88 Å². The Labute approximate surface area is 102 Å². The Morgan fingerprint density at radius 3 is 2.47 bits per heavy atom. The van der Waals surface area contributed by atoms with Gasteiger partial charge in [-0.1, -0.05) is 28.1 Å². The highest BCUT2D eigenvalue weighted by Crippen LogP contribution is 2.29. The van der Waals surface area contributed by atoms with E-state index in [1.807, 2.05) is 11.3 Å². The van der Waals surface area contributed by atoms with E-state index in [1.165, 1.54) is 15.3 Å². The minimum absolute atomic E-state index is 0.723. The van der Waals surface area contributed by atoms with E-state index in [9.17, 15) is 0 Å². The van der Waals surface area contributed by atoms with Crippen LogP contribution in [-0.4, -0.2) is 6.54 Å². The molecule has 0 amide bonds. The summed E-state index contributed by atoms with van der Waals surface area (Å²) in [5, 5.41) is 0. The van der Waals surface area contributed by atoms with Crippen LogP contribution >= 0.6 is 27.3 Å². The van der Waals surface area contributed by atoms with E-state index >= 15 is 0 Å². The quantitative estimate of drug-likeness (QED) is 0.913. The lowest BCUT2D eigenvalue weighted by molar-refractivity contribution is 0.989. The zero-order valence-corrected chi connectivity index (χ0v) is 10.6. The third kappa shape index (κ3) is 2.68. The van der Waals surface area contributed by atoms with Gasteiger partial charge in [-0.05, 0) is 42.8 Å². The van der Waals surface area contributed by atoms with E-state index in [-0.39, 0.29) is 0 Å². The predicted molar refractivity (Wildman–Crippen MR) is 70.2 cm³/mol. The van der Waals surface area contributed by atoms with Gasteiger partial charge in [-0.2, -0.15) is 0 Å². The first-order valence-electron chi connectivity index (χ1n) is 4.84. The summed E-state index contributed by atoms with van der Waals surface area (Å²) < 4.78 is 1.12. The summed E-state index contributed by atoms with van der Waals surface area (Å²) in [5.41, 5.74) is 6.80. The minimum Gasteiger partial charge on any atom is -0.330 e. The number of nitrogens with two attached hydrogens (primary N) is 1. The van der Waals surface area contributed by atoms with Gasteiger partial charge in [0.2, 0.25) is 0 Å². The van der Waals surface area contributed by atoms with Crippen molar-refractivity contribution in [2.24, 2.45) is 5.73 Å². The first-order valence-corrected chi connectivity index (χ1v) is 6.45. The van der Waals surface area contributed by atoms with Gasteiger partial charge in [-0.15, -0.1) is 11.3 Å². The van der Waals surface area contributed by atoms with E-state index in [1.54, 1.807) is 0 Å². The lowest BCUT2D eigenvalue weighted by Gasteiger charge is -1.97. The first-order chi connectivity index (χ1) is 7.29. The molecule has 2 aromatic rings. The molecule has 1 aromatic carbocycles. The van der Waals surface area contributed by atoms with Gasteiger partial charge in [-0.25, -0.2) is 0 Å². The molecule has 0 unspecified atom stereocenters. The lowest BCUT2D eigenvalue weighted by Crippen LogP contribution is -2.00. The van der Waals surface area contributed by atoms with Crippen molar-refractivity contribution in [2.75, 3.05) is 6.54 Å². The Hall–Kier alpha value is -0.640. The van der Waals surface area contributed by atoms with Crippen LogP contribution < -0.4 is 5.73 Å². The topological polar surface area (TPSA) is 26.0 Å². The molecular formula is C12H12BrNS. The zero-order valence-electron chi connectivity index (χ0n) is 8.24. The number of hydrogen-bond donors (Lipinski definition) is 1. The molecule has 0 spiro atoms. The van der Waals surface area contributed by atoms with E-state index in [0.29, 0.717) is 0 Å². The Morgan fingerprint density at radius 1 is 1.07 bits per heavy atom. The summed E-state index contributed by atoms with van der Waals surface area (Å²) >= 11 is 5.26. The molecular weight excluding hydrogens is 270 g/mol. The highest BCUT2D eigenvalue weighted by molar-refractivity contribution is 9.10. The highest BCUT2D eigenvalue weighted by Gasteiger charge is 2.01. The molecule has 0 atom stereocenters. The first kappa shape index (κ1) is 10.9. The van der Waals surface area contributed by atoms with Crippen molar-refractivity contribution < 1.29 is 0 Å². The van der Waals surface area contributed by atoms with Crippen molar-refractivity contribution in [1.29, 1.82) is 0 Å². The lowest BCUT2D eigenvalue weighted by atomic mass is 10.2. The number of rotatable bonds is 3. The smallest absolute Gasteiger partial charge is 0.0345 e. The summed E-state index contributed by atoms with van der Waals surface area (Å²) in [6, 6.07) is 12.7. The molecule has 0 aliphatic carbocycles. The molecule has 0 fully saturated rings. The molecule has 0 saturated heterocycles. The van der Waals surface area contributed by atoms with Crippen LogP contribution in [-0.2, 0) is 6.42 Å². The van der Waals surface area contributed by atoms with Gasteiger partial charge in [0, 0.05) is 14.2 Å². The molecule has 3 heteroatoms. The Kier molecular flexibility index (Phi) is 3.57. The standard InChI is InChI=1S/C12H12BrNS/c13-10-3-1-9(2-4-10)12-6-5-11(15-12)7-8-14/h1-6H,7-8,14H2. The Bertz CT molecular complexity index is 433. The number of benzene rings is 1. The van der Waals surface area contributed by atoms with E-state index in [2.05, 4.69) is 52.3 Å². The number of halogens is 1. The molecule has 78 valence electrons. The average Bonchev–Trinajstić information content (AvgIpc) is 2.68. The molecule has 0 saturated carbocycles. The molecule has 2 N–H and O–H groups in total. The van der Waals surface area contributed by atoms with Crippen LogP contribution in [0.4, 0.5) is 0 Å². The molecule has 2 rings (SSSR count). The van der Waals surface area contributed by atoms with Gasteiger partial charge in [0.25, 0.3) is 0 Å². The predicted octanol–water partition coefficient (Wildman–Crippen LogP) is 3.68. The van der Waals surface area contributed by atoms with Crippen molar-refractivity contribution in [3.05, 3.63) is 45.7 Å². The van der Waals surface area contributed by atoms with Crippen LogP contribution in [0.2, 0.25) is 0 Å². The minimum atomic E-state index is 0.723. The zero-order chi connectivity index (χ0) is 10.7. The fourth-order valence-electron chi connectivity index (χ4n) is 1.42. The van der Waals surface area contributed by atoms with Crippen LogP contribution in [0.25, 0.3) is 10.4 Å². The SMILES string of the molecule is NCCc1ccc(-c2ccc(Br)cc2)s1. The van der Waals surface area contributed by atoms with Crippen LogP contribution in [0.15, 0.2) is 40.9 Å². The second-order valence-electron chi connectivity index (χ2n) is 3.31. The van der Waals surface area contributed by atoms with E-state index in [4.69, 9.17) is 5.73 Å². The third-order valence-corrected chi connectivity index (χ3v) is 3.90. The van der Waals surface area contributed by atoms with Crippen LogP contribution in [0.5, 0.6) is 0 Å². The Morgan fingerprint density at radius 2 is 1.80 bits per heavy atom. The molecule has 0 aliphatic heterocycles. The summed E-state index contributed by atoms with van der Waals surface area (Å²) in [6.07, 6.45) is 0.973. The van der Waals surface area contributed by atoms with Crippen molar-refractivity contribution >= 4 is 27.3 Å². The van der Waals surface area contributed by atoms with Crippen molar-refractivity contribution in [1.82, 2.24) is 0 Å². The van der Waals surface area contributed by atoms with E-state index in [0.717, 1.165) is 17.4 Å². The third-order valence-electron chi connectivity index (χ3n) is 2.18. The van der Waals surface area contributed by atoms with E-state index < -0.39 is 0 Å². The fourth-order valence-corrected chi connectivity index (χ4v) is 2.72. The molecule has 0 aliphatic rings. The maximum atomic E-state index is 5.53. The van der Waals surface area contributed by atoms with Crippen molar-refractivity contribution in [3.8, 4) is 10.4 Å². The van der Waals surface area contributed by atoms with Gasteiger partial charge < -0.3 is 5.73 Å². The summed E-state index contributed by atoms with van der Waals surface area (Å²) in [7, 11) is 0. The number of thiophene rings is 1. The highest BCUT2D eigenvalue weighted by atomic mass is 79.9. The maximum Gasteiger partial charge on any atom is 0.0345 e. The second kappa shape index (κ2) is 4.92. The van der Waals surface area contributed by atoms with Crippen LogP contribution in [0.3, 0.4) is 0 Å². The largest absolute Gasteiger partial charge is 0.330 e. The summed E-state index contributed by atoms with van der Waals surface area (Å²) in [4.78, 5) is 2.67. The second-order valence-corrected chi connectivity index (χ2v) is 5.40.